The summed E-state index contributed by atoms with van der Waals surface area (Å²) in [6, 6.07) is -1.55. The van der Waals surface area contributed by atoms with E-state index in [1.54, 1.807) is 0 Å². The number of unbranched alkanes of at least 4 members (excludes halogenated alkanes) is 7. The fourth-order valence-corrected chi connectivity index (χ4v) is 5.76. The van der Waals surface area contributed by atoms with Gasteiger partial charge in [-0.1, -0.05) is 143 Å². The second-order valence-electron chi connectivity index (χ2n) is 14.0. The van der Waals surface area contributed by atoms with Crippen LogP contribution in [0.2, 0.25) is 0 Å². The van der Waals surface area contributed by atoms with E-state index >= 15 is 0 Å². The van der Waals surface area contributed by atoms with E-state index in [1.807, 2.05) is 60.8 Å². The smallest absolute Gasteiger partial charge is 0.472 e. The van der Waals surface area contributed by atoms with E-state index in [0.717, 1.165) is 64.2 Å². The van der Waals surface area contributed by atoms with Gasteiger partial charge in [0, 0.05) is 12.8 Å². The fourth-order valence-electron chi connectivity index (χ4n) is 4.98. The van der Waals surface area contributed by atoms with E-state index in [2.05, 4.69) is 54.8 Å². The highest BCUT2D eigenvalue weighted by atomic mass is 31.2. The first kappa shape index (κ1) is 55.4. The number of carbonyl (C=O) groups excluding carboxylic acids is 2. The van der Waals surface area contributed by atoms with Crippen molar-refractivity contribution in [2.45, 2.75) is 154 Å². The van der Waals surface area contributed by atoms with Crippen LogP contribution in [0.15, 0.2) is 97.2 Å². The van der Waals surface area contributed by atoms with Crippen LogP contribution < -0.4 is 5.73 Å². The summed E-state index contributed by atoms with van der Waals surface area (Å²) >= 11 is 0. The maximum absolute atomic E-state index is 12.6. The second-order valence-corrected chi connectivity index (χ2v) is 15.4. The van der Waals surface area contributed by atoms with Gasteiger partial charge in [0.25, 0.3) is 0 Å². The number of aliphatic hydroxyl groups excluding tert-OH is 1. The molecule has 0 fully saturated rings. The minimum atomic E-state index is -4.76. The van der Waals surface area contributed by atoms with E-state index in [-0.39, 0.29) is 12.8 Å². The molecule has 0 saturated heterocycles. The lowest BCUT2D eigenvalue weighted by atomic mass is 10.1. The molecular weight excluding hydrogens is 773 g/mol. The molecule has 1 unspecified atom stereocenters. The van der Waals surface area contributed by atoms with Crippen molar-refractivity contribution in [1.82, 2.24) is 0 Å². The highest BCUT2D eigenvalue weighted by Crippen LogP contribution is 2.43. The summed E-state index contributed by atoms with van der Waals surface area (Å²) in [5, 5.41) is 18.8. The standard InChI is InChI=1S/C46H74NO11P/c1-3-5-7-8-9-10-11-12-13-14-15-16-19-22-25-28-32-36-44(49)55-38-42(39-56-59(53,54)57-40-43(47)46(51)52)58-45(50)37-33-29-26-23-20-17-18-21-24-27-31-35-41(48)34-30-6-4-2/h9-10,12-13,15-18,22-27,31,35,41-43,48H,3-8,11,14,19-21,28-30,32-34,36-40,47H2,1-2H3,(H,51,52)(H,53,54)/b10-9-,13-12-,16-15-,18-17-,25-22-,26-23-,27-24-,35-31+/t41-,42+,43-/m0/s1. The van der Waals surface area contributed by atoms with Crippen LogP contribution in [-0.2, 0) is 37.5 Å². The van der Waals surface area contributed by atoms with Crippen LogP contribution in [0.3, 0.4) is 0 Å². The van der Waals surface area contributed by atoms with Gasteiger partial charge in [0.1, 0.15) is 12.6 Å². The molecule has 0 aromatic rings. The highest BCUT2D eigenvalue weighted by Gasteiger charge is 2.28. The molecule has 0 aliphatic rings. The molecule has 0 aliphatic heterocycles. The molecule has 0 saturated carbocycles. The minimum Gasteiger partial charge on any atom is -0.480 e. The maximum atomic E-state index is 12.6. The Hall–Kier alpha value is -3.64. The van der Waals surface area contributed by atoms with Gasteiger partial charge < -0.3 is 30.3 Å². The fraction of sp³-hybridized carbons (Fsp3) is 0.587. The summed E-state index contributed by atoms with van der Waals surface area (Å²) in [4.78, 5) is 45.9. The van der Waals surface area contributed by atoms with Crippen LogP contribution in [0.25, 0.3) is 0 Å². The molecular formula is C46H74NO11P. The molecule has 0 aromatic heterocycles. The molecule has 0 aromatic carbocycles. The monoisotopic (exact) mass is 847 g/mol. The van der Waals surface area contributed by atoms with Gasteiger partial charge in [-0.3, -0.25) is 23.4 Å². The van der Waals surface area contributed by atoms with Gasteiger partial charge in [0.15, 0.2) is 6.10 Å². The number of aliphatic carboxylic acids is 1. The SMILES string of the molecule is CCCCC/C=C\C/C=C\C/C=C\C/C=C\CCCC(=O)OC[C@H](COP(=O)(O)OC[C@H](N)C(=O)O)OC(=O)CCC/C=C\C/C=C\C/C=C\C=C\[C@@H](O)CCCCC. The summed E-state index contributed by atoms with van der Waals surface area (Å²) in [7, 11) is -4.76. The molecule has 0 aliphatic carbocycles. The van der Waals surface area contributed by atoms with Crippen LogP contribution in [-0.4, -0.2) is 71.1 Å². The third kappa shape index (κ3) is 39.6. The third-order valence-electron chi connectivity index (χ3n) is 8.41. The maximum Gasteiger partial charge on any atom is 0.472 e. The number of carboxylic acid groups (broad SMARTS) is 1. The number of esters is 2. The molecule has 334 valence electrons. The Kier molecular flexibility index (Phi) is 37.3. The number of phosphoric ester groups is 1. The van der Waals surface area contributed by atoms with E-state index in [0.29, 0.717) is 25.7 Å². The lowest BCUT2D eigenvalue weighted by Crippen LogP contribution is -2.34. The van der Waals surface area contributed by atoms with Crippen molar-refractivity contribution in [3.8, 4) is 0 Å². The lowest BCUT2D eigenvalue weighted by Gasteiger charge is -2.20. The summed E-state index contributed by atoms with van der Waals surface area (Å²) in [6.07, 6.45) is 46.7. The third-order valence-corrected chi connectivity index (χ3v) is 9.36. The number of hydrogen-bond donors (Lipinski definition) is 4. The number of carboxylic acids is 1. The van der Waals surface area contributed by atoms with E-state index in [1.165, 1.54) is 19.3 Å². The minimum absolute atomic E-state index is 0.0477. The molecule has 0 radical (unpaired) electrons. The van der Waals surface area contributed by atoms with Crippen molar-refractivity contribution in [3.05, 3.63) is 97.2 Å². The van der Waals surface area contributed by atoms with Crippen LogP contribution in [0.1, 0.15) is 136 Å². The number of aliphatic hydroxyl groups is 1. The first-order chi connectivity index (χ1) is 28.5. The molecule has 0 heterocycles. The Morgan fingerprint density at radius 1 is 0.610 bits per heavy atom. The summed E-state index contributed by atoms with van der Waals surface area (Å²) < 4.78 is 32.5. The number of allylic oxidation sites excluding steroid dienone is 15. The molecule has 5 N–H and O–H groups in total. The Morgan fingerprint density at radius 2 is 1.08 bits per heavy atom. The lowest BCUT2D eigenvalue weighted by molar-refractivity contribution is -0.161. The number of ether oxygens (including phenoxy) is 2. The van der Waals surface area contributed by atoms with Gasteiger partial charge in [-0.2, -0.15) is 0 Å². The van der Waals surface area contributed by atoms with Crippen molar-refractivity contribution >= 4 is 25.7 Å². The zero-order chi connectivity index (χ0) is 43.7. The average molecular weight is 848 g/mol. The zero-order valence-corrected chi connectivity index (χ0v) is 36.6. The molecule has 0 bridgehead atoms. The Labute approximate surface area is 354 Å². The van der Waals surface area contributed by atoms with E-state index in [9.17, 15) is 28.9 Å². The number of hydrogen-bond acceptors (Lipinski definition) is 10. The summed E-state index contributed by atoms with van der Waals surface area (Å²) in [5.74, 6) is -2.57. The van der Waals surface area contributed by atoms with Crippen molar-refractivity contribution in [1.29, 1.82) is 0 Å². The topological polar surface area (TPSA) is 192 Å². The molecule has 0 amide bonds. The molecule has 0 spiro atoms. The Morgan fingerprint density at radius 3 is 1.63 bits per heavy atom. The quantitative estimate of drug-likeness (QED) is 0.0151. The predicted octanol–water partition coefficient (Wildman–Crippen LogP) is 10.2. The van der Waals surface area contributed by atoms with Crippen molar-refractivity contribution < 1.29 is 52.6 Å². The normalized spacial score (nSPS) is 15.2. The van der Waals surface area contributed by atoms with E-state index in [4.69, 9.17) is 24.8 Å². The van der Waals surface area contributed by atoms with Crippen molar-refractivity contribution in [2.24, 2.45) is 5.73 Å². The van der Waals surface area contributed by atoms with Crippen LogP contribution in [0, 0.1) is 0 Å². The zero-order valence-electron chi connectivity index (χ0n) is 35.7. The van der Waals surface area contributed by atoms with Crippen LogP contribution >= 0.6 is 7.82 Å². The van der Waals surface area contributed by atoms with Crippen molar-refractivity contribution in [2.75, 3.05) is 19.8 Å². The van der Waals surface area contributed by atoms with E-state index < -0.39 is 63.8 Å². The van der Waals surface area contributed by atoms with Gasteiger partial charge in [-0.05, 0) is 77.0 Å². The molecule has 12 nitrogen and oxygen atoms in total. The van der Waals surface area contributed by atoms with Gasteiger partial charge in [-0.15, -0.1) is 0 Å². The average Bonchev–Trinajstić information content (AvgIpc) is 3.20. The second kappa shape index (κ2) is 39.8. The van der Waals surface area contributed by atoms with Crippen molar-refractivity contribution in [3.63, 3.8) is 0 Å². The van der Waals surface area contributed by atoms with Crippen LogP contribution in [0.4, 0.5) is 0 Å². The van der Waals surface area contributed by atoms with Gasteiger partial charge >= 0.3 is 25.7 Å². The first-order valence-electron chi connectivity index (χ1n) is 21.4. The number of rotatable bonds is 38. The summed E-state index contributed by atoms with van der Waals surface area (Å²) in [5.41, 5.74) is 5.32. The Bertz CT molecular complexity index is 1380. The summed E-state index contributed by atoms with van der Waals surface area (Å²) in [6.45, 7) is 2.50. The molecule has 13 heteroatoms. The highest BCUT2D eigenvalue weighted by molar-refractivity contribution is 7.47. The number of phosphoric acid groups is 1. The van der Waals surface area contributed by atoms with Gasteiger partial charge in [-0.25, -0.2) is 4.57 Å². The van der Waals surface area contributed by atoms with Crippen LogP contribution in [0.5, 0.6) is 0 Å². The number of carbonyl (C=O) groups is 3. The number of nitrogens with two attached hydrogens (primary N) is 1. The van der Waals surface area contributed by atoms with Gasteiger partial charge in [0.2, 0.25) is 0 Å². The largest absolute Gasteiger partial charge is 0.480 e. The molecule has 59 heavy (non-hydrogen) atoms. The predicted molar refractivity (Wildman–Crippen MR) is 236 cm³/mol. The van der Waals surface area contributed by atoms with Gasteiger partial charge in [0.05, 0.1) is 19.3 Å². The molecule has 4 atom stereocenters. The first-order valence-corrected chi connectivity index (χ1v) is 22.9. The Balaban J connectivity index is 4.63. The molecule has 0 rings (SSSR count).